The highest BCUT2D eigenvalue weighted by Crippen LogP contribution is 2.24. The van der Waals surface area contributed by atoms with Crippen molar-refractivity contribution < 1.29 is 14.3 Å². The van der Waals surface area contributed by atoms with Gasteiger partial charge in [0.15, 0.2) is 11.8 Å². The predicted molar refractivity (Wildman–Crippen MR) is 92.8 cm³/mol. The first-order chi connectivity index (χ1) is 11.6. The predicted octanol–water partition coefficient (Wildman–Crippen LogP) is 3.41. The van der Waals surface area contributed by atoms with E-state index < -0.39 is 12.1 Å². The lowest BCUT2D eigenvalue weighted by atomic mass is 10.2. The summed E-state index contributed by atoms with van der Waals surface area (Å²) in [5, 5.41) is 5.35. The molecule has 126 valence electrons. The standard InChI is InChI=1S/C18H20N2O3S/c1-12(16(21)19-14-9-5-6-10-14)23-18(22)15-11-24-17(20-15)13-7-3-2-4-8-13/h2-4,7-8,11-12,14H,5-6,9-10H2,1H3,(H,19,21)/t12-/m1/s1. The zero-order valence-electron chi connectivity index (χ0n) is 13.5. The van der Waals surface area contributed by atoms with Crippen molar-refractivity contribution in [3.63, 3.8) is 0 Å². The van der Waals surface area contributed by atoms with E-state index >= 15 is 0 Å². The summed E-state index contributed by atoms with van der Waals surface area (Å²) in [6.45, 7) is 1.59. The van der Waals surface area contributed by atoms with Crippen molar-refractivity contribution in [3.05, 3.63) is 41.4 Å². The molecule has 2 aromatic rings. The average Bonchev–Trinajstić information content (AvgIpc) is 3.27. The molecule has 0 aliphatic heterocycles. The summed E-state index contributed by atoms with van der Waals surface area (Å²) >= 11 is 1.38. The fraction of sp³-hybridized carbons (Fsp3) is 0.389. The molecule has 1 atom stereocenters. The Balaban J connectivity index is 1.58. The minimum Gasteiger partial charge on any atom is -0.448 e. The van der Waals surface area contributed by atoms with Gasteiger partial charge in [-0.1, -0.05) is 43.2 Å². The molecule has 0 unspecified atom stereocenters. The molecule has 5 nitrogen and oxygen atoms in total. The number of hydrogen-bond donors (Lipinski definition) is 1. The molecule has 1 fully saturated rings. The van der Waals surface area contributed by atoms with E-state index in [1.807, 2.05) is 30.3 Å². The van der Waals surface area contributed by atoms with Crippen molar-refractivity contribution >= 4 is 23.2 Å². The minimum absolute atomic E-state index is 0.211. The number of nitrogens with zero attached hydrogens (tertiary/aromatic N) is 1. The van der Waals surface area contributed by atoms with Crippen LogP contribution in [0.3, 0.4) is 0 Å². The number of nitrogens with one attached hydrogen (secondary N) is 1. The number of thiazole rings is 1. The van der Waals surface area contributed by atoms with E-state index in [0.717, 1.165) is 36.3 Å². The highest BCUT2D eigenvalue weighted by atomic mass is 32.1. The van der Waals surface area contributed by atoms with Crippen LogP contribution in [0.5, 0.6) is 0 Å². The number of carbonyl (C=O) groups is 2. The van der Waals surface area contributed by atoms with E-state index in [9.17, 15) is 9.59 Å². The van der Waals surface area contributed by atoms with Crippen LogP contribution in [0, 0.1) is 0 Å². The second kappa shape index (κ2) is 7.57. The summed E-state index contributed by atoms with van der Waals surface area (Å²) in [4.78, 5) is 28.6. The number of amides is 1. The topological polar surface area (TPSA) is 68.3 Å². The Hall–Kier alpha value is -2.21. The van der Waals surface area contributed by atoms with Crippen molar-refractivity contribution in [1.82, 2.24) is 10.3 Å². The number of benzene rings is 1. The molecule has 1 amide bonds. The van der Waals surface area contributed by atoms with Gasteiger partial charge in [0, 0.05) is 17.0 Å². The van der Waals surface area contributed by atoms with Crippen molar-refractivity contribution in [2.45, 2.75) is 44.8 Å². The molecular weight excluding hydrogens is 324 g/mol. The number of hydrogen-bond acceptors (Lipinski definition) is 5. The van der Waals surface area contributed by atoms with Crippen LogP contribution >= 0.6 is 11.3 Å². The summed E-state index contributed by atoms with van der Waals surface area (Å²) in [5.41, 5.74) is 1.19. The summed E-state index contributed by atoms with van der Waals surface area (Å²) in [6.07, 6.45) is 3.46. The largest absolute Gasteiger partial charge is 0.448 e. The zero-order chi connectivity index (χ0) is 16.9. The molecule has 1 aromatic carbocycles. The monoisotopic (exact) mass is 344 g/mol. The smallest absolute Gasteiger partial charge is 0.358 e. The van der Waals surface area contributed by atoms with E-state index in [1.165, 1.54) is 11.3 Å². The Morgan fingerprint density at radius 2 is 1.96 bits per heavy atom. The van der Waals surface area contributed by atoms with Crippen molar-refractivity contribution in [2.75, 3.05) is 0 Å². The fourth-order valence-corrected chi connectivity index (χ4v) is 3.54. The fourth-order valence-electron chi connectivity index (χ4n) is 2.74. The lowest BCUT2D eigenvalue weighted by Gasteiger charge is -2.16. The van der Waals surface area contributed by atoms with Crippen LogP contribution in [0.2, 0.25) is 0 Å². The third-order valence-corrected chi connectivity index (χ3v) is 4.98. The Kier molecular flexibility index (Phi) is 5.25. The first kappa shape index (κ1) is 16.6. The van der Waals surface area contributed by atoms with E-state index in [2.05, 4.69) is 10.3 Å². The van der Waals surface area contributed by atoms with Gasteiger partial charge in [0.05, 0.1) is 0 Å². The molecule has 1 aromatic heterocycles. The van der Waals surface area contributed by atoms with E-state index in [4.69, 9.17) is 4.74 Å². The third kappa shape index (κ3) is 4.00. The van der Waals surface area contributed by atoms with Crippen LogP contribution in [0.4, 0.5) is 0 Å². The van der Waals surface area contributed by atoms with Gasteiger partial charge >= 0.3 is 5.97 Å². The number of ether oxygens (including phenoxy) is 1. The molecule has 1 saturated carbocycles. The Morgan fingerprint density at radius 3 is 2.67 bits per heavy atom. The molecule has 1 aliphatic rings. The first-order valence-corrected chi connectivity index (χ1v) is 9.04. The molecule has 1 N–H and O–H groups in total. The summed E-state index contributed by atoms with van der Waals surface area (Å²) in [5.74, 6) is -0.809. The number of esters is 1. The maximum absolute atomic E-state index is 12.2. The number of aromatic nitrogens is 1. The third-order valence-electron chi connectivity index (χ3n) is 4.09. The van der Waals surface area contributed by atoms with Gasteiger partial charge in [0.1, 0.15) is 5.01 Å². The van der Waals surface area contributed by atoms with Crippen LogP contribution in [0.15, 0.2) is 35.7 Å². The van der Waals surface area contributed by atoms with Gasteiger partial charge in [0.25, 0.3) is 5.91 Å². The van der Waals surface area contributed by atoms with Gasteiger partial charge in [0.2, 0.25) is 0 Å². The maximum atomic E-state index is 12.2. The molecule has 0 saturated heterocycles. The first-order valence-electron chi connectivity index (χ1n) is 8.16. The quantitative estimate of drug-likeness (QED) is 0.844. The SMILES string of the molecule is C[C@@H](OC(=O)c1csc(-c2ccccc2)n1)C(=O)NC1CCCC1. The Bertz CT molecular complexity index is 708. The lowest BCUT2D eigenvalue weighted by Crippen LogP contribution is -2.40. The molecule has 0 bridgehead atoms. The normalized spacial score (nSPS) is 15.9. The molecule has 24 heavy (non-hydrogen) atoms. The maximum Gasteiger partial charge on any atom is 0.358 e. The molecule has 3 rings (SSSR count). The van der Waals surface area contributed by atoms with E-state index in [1.54, 1.807) is 12.3 Å². The minimum atomic E-state index is -0.819. The average molecular weight is 344 g/mol. The van der Waals surface area contributed by atoms with Gasteiger partial charge in [-0.25, -0.2) is 9.78 Å². The van der Waals surface area contributed by atoms with Gasteiger partial charge in [-0.3, -0.25) is 4.79 Å². The molecule has 6 heteroatoms. The van der Waals surface area contributed by atoms with E-state index in [0.29, 0.717) is 0 Å². The second-order valence-corrected chi connectivity index (χ2v) is 6.80. The van der Waals surface area contributed by atoms with Crippen molar-refractivity contribution in [2.24, 2.45) is 0 Å². The molecular formula is C18H20N2O3S. The van der Waals surface area contributed by atoms with Crippen LogP contribution in [-0.2, 0) is 9.53 Å². The Morgan fingerprint density at radius 1 is 1.25 bits per heavy atom. The van der Waals surface area contributed by atoms with Gasteiger partial charge in [-0.05, 0) is 19.8 Å². The highest BCUT2D eigenvalue weighted by molar-refractivity contribution is 7.13. The summed E-state index contributed by atoms with van der Waals surface area (Å²) in [6, 6.07) is 9.85. The molecule has 1 aliphatic carbocycles. The lowest BCUT2D eigenvalue weighted by molar-refractivity contribution is -0.129. The highest BCUT2D eigenvalue weighted by Gasteiger charge is 2.24. The zero-order valence-corrected chi connectivity index (χ0v) is 14.3. The van der Waals surface area contributed by atoms with Gasteiger partial charge < -0.3 is 10.1 Å². The number of carbonyl (C=O) groups excluding carboxylic acids is 2. The molecule has 1 heterocycles. The number of rotatable bonds is 5. The molecule has 0 radical (unpaired) electrons. The second-order valence-electron chi connectivity index (χ2n) is 5.94. The van der Waals surface area contributed by atoms with Crippen LogP contribution in [0.25, 0.3) is 10.6 Å². The summed E-state index contributed by atoms with van der Waals surface area (Å²) < 4.78 is 5.25. The summed E-state index contributed by atoms with van der Waals surface area (Å²) in [7, 11) is 0. The molecule has 0 spiro atoms. The van der Waals surface area contributed by atoms with Crippen LogP contribution in [-0.4, -0.2) is 29.0 Å². The van der Waals surface area contributed by atoms with Crippen LogP contribution in [0.1, 0.15) is 43.1 Å². The van der Waals surface area contributed by atoms with Crippen LogP contribution < -0.4 is 5.32 Å². The van der Waals surface area contributed by atoms with Crippen molar-refractivity contribution in [3.8, 4) is 10.6 Å². The van der Waals surface area contributed by atoms with E-state index in [-0.39, 0.29) is 17.6 Å². The Labute approximate surface area is 145 Å². The van der Waals surface area contributed by atoms with Gasteiger partial charge in [-0.15, -0.1) is 11.3 Å². The van der Waals surface area contributed by atoms with Gasteiger partial charge in [-0.2, -0.15) is 0 Å². The van der Waals surface area contributed by atoms with Crippen molar-refractivity contribution in [1.29, 1.82) is 0 Å².